The molecule has 0 bridgehead atoms. The van der Waals surface area contributed by atoms with Crippen LogP contribution in [-0.4, -0.2) is 9.55 Å². The third-order valence-electron chi connectivity index (χ3n) is 2.57. The van der Waals surface area contributed by atoms with Crippen molar-refractivity contribution in [1.29, 1.82) is 0 Å². The summed E-state index contributed by atoms with van der Waals surface area (Å²) in [6.45, 7) is 1.00. The topological polar surface area (TPSA) is 17.8 Å². The highest BCUT2D eigenvalue weighted by atomic mass is 35.5. The Morgan fingerprint density at radius 2 is 2.14 bits per heavy atom. The summed E-state index contributed by atoms with van der Waals surface area (Å²) in [5, 5.41) is 0.104. The Balaban J connectivity index is 0.000000750. The Bertz CT molecular complexity index is 464. The summed E-state index contributed by atoms with van der Waals surface area (Å²) in [5.74, 6) is 1.03. The van der Waals surface area contributed by atoms with E-state index in [0.29, 0.717) is 0 Å². The molecule has 1 aromatic heterocycles. The number of alkyl halides is 1. The molecule has 0 amide bonds. The molecule has 1 aliphatic rings. The molecule has 2 heterocycles. The second-order valence-corrected chi connectivity index (χ2v) is 3.89. The molecule has 0 radical (unpaired) electrons. The largest absolute Gasteiger partial charge is 0.327 e. The highest BCUT2D eigenvalue weighted by Crippen LogP contribution is 2.33. The Morgan fingerprint density at radius 1 is 1.36 bits per heavy atom. The molecular formula is C10H10Cl2N2. The van der Waals surface area contributed by atoms with Crippen molar-refractivity contribution in [2.45, 2.75) is 18.3 Å². The molecule has 3 rings (SSSR count). The predicted molar refractivity (Wildman–Crippen MR) is 60.2 cm³/mol. The van der Waals surface area contributed by atoms with Crippen molar-refractivity contribution >= 4 is 35.0 Å². The fraction of sp³-hybridized carbons (Fsp3) is 0.300. The maximum absolute atomic E-state index is 6.13. The van der Waals surface area contributed by atoms with E-state index in [1.165, 1.54) is 5.52 Å². The van der Waals surface area contributed by atoms with Gasteiger partial charge in [-0.3, -0.25) is 0 Å². The van der Waals surface area contributed by atoms with Gasteiger partial charge in [-0.1, -0.05) is 12.1 Å². The highest BCUT2D eigenvalue weighted by Gasteiger charge is 2.23. The van der Waals surface area contributed by atoms with Crippen LogP contribution in [0.3, 0.4) is 0 Å². The van der Waals surface area contributed by atoms with Gasteiger partial charge >= 0.3 is 0 Å². The third kappa shape index (κ3) is 1.22. The van der Waals surface area contributed by atoms with Crippen LogP contribution in [0.1, 0.15) is 17.6 Å². The highest BCUT2D eigenvalue weighted by molar-refractivity contribution is 6.20. The molecule has 0 aliphatic carbocycles. The number of aromatic nitrogens is 2. The average molecular weight is 229 g/mol. The molecule has 0 saturated heterocycles. The van der Waals surface area contributed by atoms with E-state index in [2.05, 4.69) is 15.6 Å². The minimum absolute atomic E-state index is 0. The van der Waals surface area contributed by atoms with Gasteiger partial charge in [0.05, 0.1) is 16.4 Å². The van der Waals surface area contributed by atoms with Crippen LogP contribution in [0.15, 0.2) is 24.3 Å². The Labute approximate surface area is 93.3 Å². The number of rotatable bonds is 0. The van der Waals surface area contributed by atoms with Crippen molar-refractivity contribution in [2.24, 2.45) is 0 Å². The van der Waals surface area contributed by atoms with Gasteiger partial charge in [0.2, 0.25) is 0 Å². The van der Waals surface area contributed by atoms with Crippen LogP contribution in [0.4, 0.5) is 0 Å². The zero-order valence-corrected chi connectivity index (χ0v) is 9.05. The van der Waals surface area contributed by atoms with Crippen LogP contribution >= 0.6 is 24.0 Å². The summed E-state index contributed by atoms with van der Waals surface area (Å²) in [6.07, 6.45) is 1.01. The second-order valence-electron chi connectivity index (χ2n) is 3.37. The molecule has 0 N–H and O–H groups in total. The summed E-state index contributed by atoms with van der Waals surface area (Å²) >= 11 is 6.13. The normalized spacial score (nSPS) is 19.4. The molecule has 1 atom stereocenters. The third-order valence-corrected chi connectivity index (χ3v) is 2.98. The van der Waals surface area contributed by atoms with Gasteiger partial charge in [0.25, 0.3) is 0 Å². The van der Waals surface area contributed by atoms with Crippen molar-refractivity contribution < 1.29 is 0 Å². The summed E-state index contributed by atoms with van der Waals surface area (Å²) in [6, 6.07) is 8.18. The number of aryl methyl sites for hydroxylation is 1. The van der Waals surface area contributed by atoms with Crippen LogP contribution in [0.25, 0.3) is 11.0 Å². The molecule has 2 aromatic rings. The van der Waals surface area contributed by atoms with E-state index >= 15 is 0 Å². The fourth-order valence-electron chi connectivity index (χ4n) is 1.94. The fourth-order valence-corrected chi connectivity index (χ4v) is 2.20. The van der Waals surface area contributed by atoms with E-state index in [1.54, 1.807) is 0 Å². The molecule has 0 saturated carbocycles. The Morgan fingerprint density at radius 3 is 3.00 bits per heavy atom. The van der Waals surface area contributed by atoms with Crippen molar-refractivity contribution in [3.05, 3.63) is 30.1 Å². The van der Waals surface area contributed by atoms with E-state index in [0.717, 1.165) is 24.3 Å². The number of fused-ring (bicyclic) bond motifs is 3. The molecule has 1 unspecified atom stereocenters. The van der Waals surface area contributed by atoms with Gasteiger partial charge in [0.1, 0.15) is 5.82 Å². The quantitative estimate of drug-likeness (QED) is 0.634. The van der Waals surface area contributed by atoms with Gasteiger partial charge in [0, 0.05) is 6.54 Å². The van der Waals surface area contributed by atoms with Gasteiger partial charge in [-0.05, 0) is 18.6 Å². The first-order chi connectivity index (χ1) is 6.36. The summed E-state index contributed by atoms with van der Waals surface area (Å²) in [4.78, 5) is 4.51. The maximum Gasteiger partial charge on any atom is 0.128 e. The predicted octanol–water partition coefficient (Wildman–Crippen LogP) is 3.14. The van der Waals surface area contributed by atoms with Crippen LogP contribution in [-0.2, 0) is 6.54 Å². The number of halogens is 2. The molecule has 1 aliphatic heterocycles. The minimum atomic E-state index is 0. The van der Waals surface area contributed by atoms with E-state index < -0.39 is 0 Å². The molecule has 14 heavy (non-hydrogen) atoms. The number of imidazole rings is 1. The van der Waals surface area contributed by atoms with E-state index in [1.807, 2.05) is 18.2 Å². The van der Waals surface area contributed by atoms with Gasteiger partial charge in [-0.25, -0.2) is 4.98 Å². The van der Waals surface area contributed by atoms with E-state index in [9.17, 15) is 0 Å². The SMILES string of the molecule is Cl.ClC1CCn2c1nc1ccccc12. The molecule has 0 fully saturated rings. The Kier molecular flexibility index (Phi) is 2.41. The first kappa shape index (κ1) is 9.81. The maximum atomic E-state index is 6.13. The number of nitrogens with zero attached hydrogens (tertiary/aromatic N) is 2. The summed E-state index contributed by atoms with van der Waals surface area (Å²) in [5.41, 5.74) is 2.27. The first-order valence-electron chi connectivity index (χ1n) is 4.45. The van der Waals surface area contributed by atoms with Gasteiger partial charge in [-0.15, -0.1) is 24.0 Å². The van der Waals surface area contributed by atoms with Crippen LogP contribution in [0, 0.1) is 0 Å². The van der Waals surface area contributed by atoms with Crippen LogP contribution in [0.2, 0.25) is 0 Å². The number of benzene rings is 1. The lowest BCUT2D eigenvalue weighted by atomic mass is 10.3. The number of hydrogen-bond donors (Lipinski definition) is 0. The summed E-state index contributed by atoms with van der Waals surface area (Å²) < 4.78 is 2.22. The van der Waals surface area contributed by atoms with Crippen LogP contribution in [0.5, 0.6) is 0 Å². The molecule has 4 heteroatoms. The Hall–Kier alpha value is -0.730. The number of para-hydroxylation sites is 2. The zero-order chi connectivity index (χ0) is 8.84. The minimum Gasteiger partial charge on any atom is -0.327 e. The lowest BCUT2D eigenvalue weighted by Gasteiger charge is -1.95. The molecule has 2 nitrogen and oxygen atoms in total. The molecule has 0 spiro atoms. The van der Waals surface area contributed by atoms with Crippen molar-refractivity contribution in [3.8, 4) is 0 Å². The van der Waals surface area contributed by atoms with Crippen molar-refractivity contribution in [1.82, 2.24) is 9.55 Å². The molecule has 74 valence electrons. The monoisotopic (exact) mass is 228 g/mol. The van der Waals surface area contributed by atoms with Crippen molar-refractivity contribution in [3.63, 3.8) is 0 Å². The standard InChI is InChI=1S/C10H9ClN2.ClH/c11-7-5-6-13-9-4-2-1-3-8(9)12-10(7)13;/h1-4,7H,5-6H2;1H. The first-order valence-corrected chi connectivity index (χ1v) is 4.89. The second kappa shape index (κ2) is 3.44. The van der Waals surface area contributed by atoms with E-state index in [-0.39, 0.29) is 17.8 Å². The smallest absolute Gasteiger partial charge is 0.128 e. The van der Waals surface area contributed by atoms with Gasteiger partial charge in [-0.2, -0.15) is 0 Å². The average Bonchev–Trinajstić information content (AvgIpc) is 2.67. The summed E-state index contributed by atoms with van der Waals surface area (Å²) in [7, 11) is 0. The lowest BCUT2D eigenvalue weighted by Crippen LogP contribution is -1.90. The van der Waals surface area contributed by atoms with Crippen LogP contribution < -0.4 is 0 Å². The zero-order valence-electron chi connectivity index (χ0n) is 7.48. The lowest BCUT2D eigenvalue weighted by molar-refractivity contribution is 0.765. The molecular weight excluding hydrogens is 219 g/mol. The van der Waals surface area contributed by atoms with Gasteiger partial charge < -0.3 is 4.57 Å². The van der Waals surface area contributed by atoms with Crippen molar-refractivity contribution in [2.75, 3.05) is 0 Å². The van der Waals surface area contributed by atoms with Gasteiger partial charge in [0.15, 0.2) is 0 Å². The number of hydrogen-bond acceptors (Lipinski definition) is 1. The van der Waals surface area contributed by atoms with E-state index in [4.69, 9.17) is 11.6 Å². The molecule has 1 aromatic carbocycles.